The molecule has 2 aliphatic rings. The molecule has 0 bridgehead atoms. The molecule has 2 fully saturated rings. The fourth-order valence-electron chi connectivity index (χ4n) is 2.25. The number of guanidine groups is 1. The van der Waals surface area contributed by atoms with Gasteiger partial charge >= 0.3 is 0 Å². The quantitative estimate of drug-likeness (QED) is 0.567. The summed E-state index contributed by atoms with van der Waals surface area (Å²) in [6.07, 6.45) is 6.86. The van der Waals surface area contributed by atoms with E-state index >= 15 is 0 Å². The van der Waals surface area contributed by atoms with E-state index in [4.69, 9.17) is 4.99 Å². The molecule has 0 aromatic rings. The van der Waals surface area contributed by atoms with Crippen LogP contribution < -0.4 is 5.32 Å². The Morgan fingerprint density at radius 2 is 2.00 bits per heavy atom. The van der Waals surface area contributed by atoms with Crippen molar-refractivity contribution >= 4 is 5.96 Å². The third kappa shape index (κ3) is 2.86. The summed E-state index contributed by atoms with van der Waals surface area (Å²) in [6.45, 7) is 6.56. The number of hydrogen-bond acceptors (Lipinski definition) is 1. The first-order chi connectivity index (χ1) is 7.40. The van der Waals surface area contributed by atoms with Gasteiger partial charge in [-0.1, -0.05) is 6.42 Å². The Kier molecular flexibility index (Phi) is 3.87. The van der Waals surface area contributed by atoms with E-state index in [2.05, 4.69) is 17.1 Å². The number of likely N-dealkylation sites (tertiary alicyclic amines) is 1. The molecule has 1 saturated heterocycles. The molecule has 1 aliphatic carbocycles. The van der Waals surface area contributed by atoms with Crippen molar-refractivity contribution in [1.82, 2.24) is 10.2 Å². The van der Waals surface area contributed by atoms with Gasteiger partial charge in [-0.3, -0.25) is 4.99 Å². The Morgan fingerprint density at radius 1 is 1.27 bits per heavy atom. The van der Waals surface area contributed by atoms with Crippen molar-refractivity contribution in [1.29, 1.82) is 0 Å². The van der Waals surface area contributed by atoms with Crippen molar-refractivity contribution in [3.8, 4) is 0 Å². The molecule has 1 heterocycles. The summed E-state index contributed by atoms with van der Waals surface area (Å²) in [5, 5.41) is 3.40. The van der Waals surface area contributed by atoms with Gasteiger partial charge in [0.05, 0.1) is 0 Å². The van der Waals surface area contributed by atoms with Gasteiger partial charge in [0.25, 0.3) is 0 Å². The van der Waals surface area contributed by atoms with Gasteiger partial charge in [-0.15, -0.1) is 0 Å². The molecule has 86 valence electrons. The number of rotatable bonds is 3. The predicted molar refractivity (Wildman–Crippen MR) is 64.1 cm³/mol. The van der Waals surface area contributed by atoms with E-state index in [1.54, 1.807) is 0 Å². The average molecular weight is 209 g/mol. The Labute approximate surface area is 92.9 Å². The number of aliphatic imine (C=N–C) groups is 1. The van der Waals surface area contributed by atoms with Crippen LogP contribution in [0.2, 0.25) is 0 Å². The van der Waals surface area contributed by atoms with Crippen LogP contribution in [-0.4, -0.2) is 37.0 Å². The van der Waals surface area contributed by atoms with E-state index in [0.717, 1.165) is 25.0 Å². The van der Waals surface area contributed by atoms with Gasteiger partial charge in [-0.05, 0) is 38.5 Å². The van der Waals surface area contributed by atoms with Crippen molar-refractivity contribution in [2.75, 3.05) is 26.2 Å². The number of nitrogens with one attached hydrogen (secondary N) is 1. The minimum absolute atomic E-state index is 0.876. The second-order valence-corrected chi connectivity index (χ2v) is 4.69. The molecule has 0 unspecified atom stereocenters. The summed E-state index contributed by atoms with van der Waals surface area (Å²) in [6, 6.07) is 0. The Bertz CT molecular complexity index is 215. The molecular formula is C12H23N3. The first-order valence-corrected chi connectivity index (χ1v) is 6.43. The topological polar surface area (TPSA) is 27.6 Å². The third-order valence-electron chi connectivity index (χ3n) is 3.46. The van der Waals surface area contributed by atoms with E-state index in [9.17, 15) is 0 Å². The highest BCUT2D eigenvalue weighted by Crippen LogP contribution is 2.26. The maximum absolute atomic E-state index is 4.75. The first kappa shape index (κ1) is 10.8. The highest BCUT2D eigenvalue weighted by molar-refractivity contribution is 5.80. The molecule has 15 heavy (non-hydrogen) atoms. The molecule has 0 aromatic carbocycles. The van der Waals surface area contributed by atoms with E-state index in [1.807, 2.05) is 0 Å². The standard InChI is InChI=1S/C12H23N3/c1-2-13-12(15-8-3-4-9-15)14-10-11-6-5-7-11/h11H,2-10H2,1H3,(H,13,14). The fourth-order valence-corrected chi connectivity index (χ4v) is 2.25. The molecular weight excluding hydrogens is 186 g/mol. The molecule has 1 N–H and O–H groups in total. The van der Waals surface area contributed by atoms with Gasteiger partial charge in [-0.2, -0.15) is 0 Å². The molecule has 0 radical (unpaired) electrons. The Morgan fingerprint density at radius 3 is 2.53 bits per heavy atom. The van der Waals surface area contributed by atoms with Crippen LogP contribution in [0.25, 0.3) is 0 Å². The minimum atomic E-state index is 0.876. The maximum atomic E-state index is 4.75. The first-order valence-electron chi connectivity index (χ1n) is 6.43. The molecule has 1 saturated carbocycles. The molecule has 1 aliphatic heterocycles. The van der Waals surface area contributed by atoms with Gasteiger partial charge in [0, 0.05) is 26.2 Å². The maximum Gasteiger partial charge on any atom is 0.193 e. The van der Waals surface area contributed by atoms with Gasteiger partial charge in [-0.25, -0.2) is 0 Å². The second kappa shape index (κ2) is 5.38. The zero-order valence-corrected chi connectivity index (χ0v) is 9.84. The largest absolute Gasteiger partial charge is 0.357 e. The van der Waals surface area contributed by atoms with Crippen molar-refractivity contribution in [2.24, 2.45) is 10.9 Å². The zero-order chi connectivity index (χ0) is 10.5. The van der Waals surface area contributed by atoms with Crippen LogP contribution in [-0.2, 0) is 0 Å². The van der Waals surface area contributed by atoms with Gasteiger partial charge in [0.1, 0.15) is 0 Å². The van der Waals surface area contributed by atoms with Crippen molar-refractivity contribution in [2.45, 2.75) is 39.0 Å². The van der Waals surface area contributed by atoms with Gasteiger partial charge < -0.3 is 10.2 Å². The highest BCUT2D eigenvalue weighted by atomic mass is 15.3. The Hall–Kier alpha value is -0.730. The summed E-state index contributed by atoms with van der Waals surface area (Å²) in [5.74, 6) is 2.03. The van der Waals surface area contributed by atoms with Crippen molar-refractivity contribution in [3.63, 3.8) is 0 Å². The second-order valence-electron chi connectivity index (χ2n) is 4.69. The van der Waals surface area contributed by atoms with Crippen molar-refractivity contribution in [3.05, 3.63) is 0 Å². The van der Waals surface area contributed by atoms with Crippen LogP contribution in [0.4, 0.5) is 0 Å². The van der Waals surface area contributed by atoms with E-state index in [0.29, 0.717) is 0 Å². The van der Waals surface area contributed by atoms with Crippen LogP contribution in [0.15, 0.2) is 4.99 Å². The minimum Gasteiger partial charge on any atom is -0.357 e. The van der Waals surface area contributed by atoms with Crippen LogP contribution in [0.5, 0.6) is 0 Å². The summed E-state index contributed by atoms with van der Waals surface area (Å²) in [5.41, 5.74) is 0. The Balaban J connectivity index is 1.84. The summed E-state index contributed by atoms with van der Waals surface area (Å²) < 4.78 is 0. The van der Waals surface area contributed by atoms with Crippen LogP contribution >= 0.6 is 0 Å². The predicted octanol–water partition coefficient (Wildman–Crippen LogP) is 1.85. The molecule has 2 rings (SSSR count). The van der Waals surface area contributed by atoms with Crippen LogP contribution in [0.1, 0.15) is 39.0 Å². The average Bonchev–Trinajstić information content (AvgIpc) is 2.66. The molecule has 0 atom stereocenters. The third-order valence-corrected chi connectivity index (χ3v) is 3.46. The lowest BCUT2D eigenvalue weighted by Crippen LogP contribution is -2.40. The molecule has 0 amide bonds. The molecule has 0 spiro atoms. The lowest BCUT2D eigenvalue weighted by molar-refractivity contribution is 0.324. The van der Waals surface area contributed by atoms with Gasteiger partial charge in [0.15, 0.2) is 5.96 Å². The SMILES string of the molecule is CCNC(=NCC1CCC1)N1CCCC1. The fraction of sp³-hybridized carbons (Fsp3) is 0.917. The molecule has 0 aromatic heterocycles. The lowest BCUT2D eigenvalue weighted by Gasteiger charge is -2.25. The smallest absolute Gasteiger partial charge is 0.193 e. The summed E-state index contributed by atoms with van der Waals surface area (Å²) >= 11 is 0. The van der Waals surface area contributed by atoms with E-state index in [-0.39, 0.29) is 0 Å². The highest BCUT2D eigenvalue weighted by Gasteiger charge is 2.19. The normalized spacial score (nSPS) is 23.0. The zero-order valence-electron chi connectivity index (χ0n) is 9.84. The molecule has 3 heteroatoms. The van der Waals surface area contributed by atoms with E-state index < -0.39 is 0 Å². The van der Waals surface area contributed by atoms with Gasteiger partial charge in [0.2, 0.25) is 0 Å². The summed E-state index contributed by atoms with van der Waals surface area (Å²) in [7, 11) is 0. The van der Waals surface area contributed by atoms with Crippen molar-refractivity contribution < 1.29 is 0 Å². The number of nitrogens with zero attached hydrogens (tertiary/aromatic N) is 2. The lowest BCUT2D eigenvalue weighted by atomic mass is 9.86. The van der Waals surface area contributed by atoms with E-state index in [1.165, 1.54) is 45.2 Å². The summed E-state index contributed by atoms with van der Waals surface area (Å²) in [4.78, 5) is 7.15. The van der Waals surface area contributed by atoms with Crippen LogP contribution in [0.3, 0.4) is 0 Å². The monoisotopic (exact) mass is 209 g/mol. The number of hydrogen-bond donors (Lipinski definition) is 1. The van der Waals surface area contributed by atoms with Crippen LogP contribution in [0, 0.1) is 5.92 Å². The molecule has 3 nitrogen and oxygen atoms in total.